The van der Waals surface area contributed by atoms with Gasteiger partial charge in [0.15, 0.2) is 0 Å². The zero-order chi connectivity index (χ0) is 15.2. The Labute approximate surface area is 122 Å². The van der Waals surface area contributed by atoms with Crippen molar-refractivity contribution in [1.82, 2.24) is 9.88 Å². The molecular weight excluding hydrogens is 280 g/mol. The van der Waals surface area contributed by atoms with Crippen LogP contribution in [-0.4, -0.2) is 49.0 Å². The first-order valence-corrected chi connectivity index (χ1v) is 6.89. The standard InChI is InChI=1S/C14H19F2N3O2/c1-21-12-2-5-17-8-11(12)18-14(20)10-3-6-19(7-4-10)9-13(15)16/h2,5,8,10,13H,3-4,6-7,9H2,1H3,(H,18,20). The maximum Gasteiger partial charge on any atom is 0.251 e. The molecule has 21 heavy (non-hydrogen) atoms. The van der Waals surface area contributed by atoms with Crippen LogP contribution < -0.4 is 10.1 Å². The summed E-state index contributed by atoms with van der Waals surface area (Å²) in [5, 5.41) is 2.79. The summed E-state index contributed by atoms with van der Waals surface area (Å²) in [5.74, 6) is 0.273. The van der Waals surface area contributed by atoms with Crippen LogP contribution in [0.2, 0.25) is 0 Å². The highest BCUT2D eigenvalue weighted by atomic mass is 19.3. The smallest absolute Gasteiger partial charge is 0.251 e. The van der Waals surface area contributed by atoms with Gasteiger partial charge in [0.25, 0.3) is 6.43 Å². The van der Waals surface area contributed by atoms with E-state index in [1.54, 1.807) is 17.2 Å². The number of likely N-dealkylation sites (tertiary alicyclic amines) is 1. The van der Waals surface area contributed by atoms with Crippen LogP contribution in [0.1, 0.15) is 12.8 Å². The number of aromatic nitrogens is 1. The SMILES string of the molecule is COc1ccncc1NC(=O)C1CCN(CC(F)F)CC1. The lowest BCUT2D eigenvalue weighted by Crippen LogP contribution is -2.40. The first-order valence-electron chi connectivity index (χ1n) is 6.89. The second-order valence-electron chi connectivity index (χ2n) is 5.03. The summed E-state index contributed by atoms with van der Waals surface area (Å²) in [7, 11) is 1.52. The molecule has 1 aliphatic rings. The van der Waals surface area contributed by atoms with Crippen molar-refractivity contribution in [3.63, 3.8) is 0 Å². The molecule has 116 valence electrons. The van der Waals surface area contributed by atoms with E-state index < -0.39 is 6.43 Å². The molecule has 1 aromatic rings. The zero-order valence-electron chi connectivity index (χ0n) is 11.9. The topological polar surface area (TPSA) is 54.5 Å². The highest BCUT2D eigenvalue weighted by Gasteiger charge is 2.26. The third-order valence-corrected chi connectivity index (χ3v) is 3.61. The molecule has 2 heterocycles. The molecule has 7 heteroatoms. The maximum absolute atomic E-state index is 12.3. The summed E-state index contributed by atoms with van der Waals surface area (Å²) < 4.78 is 29.8. The average Bonchev–Trinajstić information content (AvgIpc) is 2.48. The van der Waals surface area contributed by atoms with E-state index in [0.29, 0.717) is 37.4 Å². The predicted octanol–water partition coefficient (Wildman–Crippen LogP) is 2.01. The van der Waals surface area contributed by atoms with E-state index in [-0.39, 0.29) is 18.4 Å². The lowest BCUT2D eigenvalue weighted by molar-refractivity contribution is -0.121. The van der Waals surface area contributed by atoms with Gasteiger partial charge in [-0.3, -0.25) is 14.7 Å². The number of amides is 1. The van der Waals surface area contributed by atoms with Gasteiger partial charge in [-0.2, -0.15) is 0 Å². The Balaban J connectivity index is 1.87. The number of nitrogens with zero attached hydrogens (tertiary/aromatic N) is 2. The molecule has 1 aromatic heterocycles. The van der Waals surface area contributed by atoms with Crippen molar-refractivity contribution < 1.29 is 18.3 Å². The van der Waals surface area contributed by atoms with E-state index in [2.05, 4.69) is 10.3 Å². The Kier molecular flexibility index (Phi) is 5.44. The molecule has 0 bridgehead atoms. The summed E-state index contributed by atoms with van der Waals surface area (Å²) in [6, 6.07) is 1.67. The summed E-state index contributed by atoms with van der Waals surface area (Å²) in [5.41, 5.74) is 0.528. The second-order valence-corrected chi connectivity index (χ2v) is 5.03. The fraction of sp³-hybridized carbons (Fsp3) is 0.571. The number of pyridine rings is 1. The van der Waals surface area contributed by atoms with Crippen molar-refractivity contribution in [2.24, 2.45) is 5.92 Å². The van der Waals surface area contributed by atoms with E-state index in [1.165, 1.54) is 13.3 Å². The van der Waals surface area contributed by atoms with Crippen LogP contribution in [0.3, 0.4) is 0 Å². The van der Waals surface area contributed by atoms with Crippen molar-refractivity contribution in [1.29, 1.82) is 0 Å². The van der Waals surface area contributed by atoms with E-state index in [1.807, 2.05) is 0 Å². The number of hydrogen-bond donors (Lipinski definition) is 1. The first kappa shape index (κ1) is 15.6. The summed E-state index contributed by atoms with van der Waals surface area (Å²) >= 11 is 0. The molecule has 1 fully saturated rings. The van der Waals surface area contributed by atoms with Gasteiger partial charge in [-0.15, -0.1) is 0 Å². The molecule has 1 amide bonds. The van der Waals surface area contributed by atoms with Crippen LogP contribution in [0.5, 0.6) is 5.75 Å². The molecule has 0 aliphatic carbocycles. The minimum atomic E-state index is -2.32. The number of carbonyl (C=O) groups is 1. The van der Waals surface area contributed by atoms with Gasteiger partial charge < -0.3 is 10.1 Å². The quantitative estimate of drug-likeness (QED) is 0.903. The number of piperidine rings is 1. The largest absolute Gasteiger partial charge is 0.494 e. The molecule has 5 nitrogen and oxygen atoms in total. The average molecular weight is 299 g/mol. The van der Waals surface area contributed by atoms with Crippen molar-refractivity contribution in [2.45, 2.75) is 19.3 Å². The third kappa shape index (κ3) is 4.35. The number of ether oxygens (including phenoxy) is 1. The Hall–Kier alpha value is -1.76. The first-order chi connectivity index (χ1) is 10.1. The molecule has 1 aliphatic heterocycles. The van der Waals surface area contributed by atoms with Crippen LogP contribution in [0, 0.1) is 5.92 Å². The van der Waals surface area contributed by atoms with Crippen LogP contribution in [0.15, 0.2) is 18.5 Å². The van der Waals surface area contributed by atoms with E-state index in [4.69, 9.17) is 4.74 Å². The molecule has 0 radical (unpaired) electrons. The normalized spacial score (nSPS) is 17.0. The molecule has 0 unspecified atom stereocenters. The van der Waals surface area contributed by atoms with Gasteiger partial charge >= 0.3 is 0 Å². The van der Waals surface area contributed by atoms with E-state index in [0.717, 1.165) is 0 Å². The van der Waals surface area contributed by atoms with Crippen molar-refractivity contribution in [2.75, 3.05) is 32.1 Å². The maximum atomic E-state index is 12.3. The van der Waals surface area contributed by atoms with Crippen LogP contribution in [-0.2, 0) is 4.79 Å². The number of methoxy groups -OCH3 is 1. The number of alkyl halides is 2. The molecule has 1 N–H and O–H groups in total. The summed E-state index contributed by atoms with van der Waals surface area (Å²) in [6.07, 6.45) is 1.96. The van der Waals surface area contributed by atoms with Crippen LogP contribution >= 0.6 is 0 Å². The molecule has 0 spiro atoms. The van der Waals surface area contributed by atoms with Crippen molar-refractivity contribution >= 4 is 11.6 Å². The Morgan fingerprint density at radius 1 is 1.52 bits per heavy atom. The second kappa shape index (κ2) is 7.31. The van der Waals surface area contributed by atoms with Gasteiger partial charge in [0.1, 0.15) is 11.4 Å². The number of hydrogen-bond acceptors (Lipinski definition) is 4. The number of carbonyl (C=O) groups excluding carboxylic acids is 1. The summed E-state index contributed by atoms with van der Waals surface area (Å²) in [6.45, 7) is 0.823. The van der Waals surface area contributed by atoms with Gasteiger partial charge in [0.05, 0.1) is 19.9 Å². The molecule has 0 saturated carbocycles. The number of rotatable bonds is 5. The van der Waals surface area contributed by atoms with Gasteiger partial charge in [0, 0.05) is 18.2 Å². The van der Waals surface area contributed by atoms with Crippen molar-refractivity contribution in [3.8, 4) is 5.75 Å². The molecule has 0 atom stereocenters. The van der Waals surface area contributed by atoms with Gasteiger partial charge in [-0.05, 0) is 25.9 Å². The molecule has 2 rings (SSSR count). The Morgan fingerprint density at radius 3 is 2.86 bits per heavy atom. The minimum absolute atomic E-state index is 0.113. The number of anilines is 1. The third-order valence-electron chi connectivity index (χ3n) is 3.61. The monoisotopic (exact) mass is 299 g/mol. The van der Waals surface area contributed by atoms with E-state index >= 15 is 0 Å². The number of nitrogens with one attached hydrogen (secondary N) is 1. The van der Waals surface area contributed by atoms with Crippen LogP contribution in [0.25, 0.3) is 0 Å². The molecular formula is C14H19F2N3O2. The summed E-state index contributed by atoms with van der Waals surface area (Å²) in [4.78, 5) is 17.8. The fourth-order valence-corrected chi connectivity index (χ4v) is 2.46. The van der Waals surface area contributed by atoms with Crippen molar-refractivity contribution in [3.05, 3.63) is 18.5 Å². The van der Waals surface area contributed by atoms with Gasteiger partial charge in [-0.1, -0.05) is 0 Å². The van der Waals surface area contributed by atoms with E-state index in [9.17, 15) is 13.6 Å². The fourth-order valence-electron chi connectivity index (χ4n) is 2.46. The zero-order valence-corrected chi connectivity index (χ0v) is 11.9. The van der Waals surface area contributed by atoms with Gasteiger partial charge in [-0.25, -0.2) is 8.78 Å². The Bertz CT molecular complexity index is 477. The predicted molar refractivity (Wildman–Crippen MR) is 74.6 cm³/mol. The lowest BCUT2D eigenvalue weighted by atomic mass is 9.96. The molecule has 1 saturated heterocycles. The highest BCUT2D eigenvalue weighted by molar-refractivity contribution is 5.93. The number of halogens is 2. The minimum Gasteiger partial charge on any atom is -0.494 e. The lowest BCUT2D eigenvalue weighted by Gasteiger charge is -2.30. The van der Waals surface area contributed by atoms with Crippen LogP contribution in [0.4, 0.5) is 14.5 Å². The highest BCUT2D eigenvalue weighted by Crippen LogP contribution is 2.25. The Morgan fingerprint density at radius 2 is 2.24 bits per heavy atom. The molecule has 0 aromatic carbocycles. The van der Waals surface area contributed by atoms with Gasteiger partial charge in [0.2, 0.25) is 5.91 Å².